The molecule has 0 spiro atoms. The Bertz CT molecular complexity index is 871. The molecule has 0 saturated carbocycles. The number of methoxy groups -OCH3 is 1. The number of rotatable bonds is 6. The van der Waals surface area contributed by atoms with Crippen LogP contribution < -0.4 is 9.47 Å². The first-order chi connectivity index (χ1) is 11.7. The van der Waals surface area contributed by atoms with Crippen molar-refractivity contribution in [2.45, 2.75) is 13.0 Å². The topological polar surface area (TPSA) is 18.5 Å². The molecule has 0 radical (unpaired) electrons. The van der Waals surface area contributed by atoms with Crippen molar-refractivity contribution in [1.29, 1.82) is 0 Å². The van der Waals surface area contributed by atoms with Crippen molar-refractivity contribution >= 4 is 26.7 Å². The number of hydrogen-bond donors (Lipinski definition) is 0. The van der Waals surface area contributed by atoms with Crippen LogP contribution in [0.25, 0.3) is 10.8 Å². The summed E-state index contributed by atoms with van der Waals surface area (Å²) in [4.78, 5) is 0. The molecule has 0 aliphatic rings. The molecule has 0 fully saturated rings. The van der Waals surface area contributed by atoms with Gasteiger partial charge in [-0.3, -0.25) is 0 Å². The quantitative estimate of drug-likeness (QED) is 0.492. The summed E-state index contributed by atoms with van der Waals surface area (Å²) in [6.45, 7) is 4.32. The molecule has 3 aromatic rings. The van der Waals surface area contributed by atoms with Crippen LogP contribution in [0.2, 0.25) is 0 Å². The highest BCUT2D eigenvalue weighted by atomic mass is 79.9. The van der Waals surface area contributed by atoms with Gasteiger partial charge in [0.15, 0.2) is 0 Å². The van der Waals surface area contributed by atoms with Crippen LogP contribution in [0.5, 0.6) is 11.5 Å². The van der Waals surface area contributed by atoms with Crippen LogP contribution >= 0.6 is 15.9 Å². The van der Waals surface area contributed by atoms with Crippen molar-refractivity contribution < 1.29 is 9.47 Å². The molecule has 0 N–H and O–H groups in total. The molecule has 2 nitrogen and oxygen atoms in total. The number of hydrogen-bond acceptors (Lipinski definition) is 2. The van der Waals surface area contributed by atoms with E-state index in [0.717, 1.165) is 38.9 Å². The van der Waals surface area contributed by atoms with Crippen LogP contribution in [-0.4, -0.2) is 7.11 Å². The van der Waals surface area contributed by atoms with E-state index in [4.69, 9.17) is 9.47 Å². The average Bonchev–Trinajstić information content (AvgIpc) is 2.62. The van der Waals surface area contributed by atoms with E-state index in [1.807, 2.05) is 36.4 Å². The summed E-state index contributed by atoms with van der Waals surface area (Å²) in [7, 11) is 1.67. The van der Waals surface area contributed by atoms with Gasteiger partial charge in [0.05, 0.1) is 7.11 Å². The molecule has 0 aliphatic carbocycles. The smallest absolute Gasteiger partial charge is 0.131 e. The molecule has 0 bridgehead atoms. The van der Waals surface area contributed by atoms with E-state index in [1.54, 1.807) is 7.11 Å². The molecular formula is C21H19BrO2. The maximum absolute atomic E-state index is 6.24. The van der Waals surface area contributed by atoms with Gasteiger partial charge < -0.3 is 9.47 Å². The van der Waals surface area contributed by atoms with Gasteiger partial charge in [-0.05, 0) is 35.6 Å². The summed E-state index contributed by atoms with van der Waals surface area (Å²) in [5.41, 5.74) is 2.19. The predicted molar refractivity (Wildman–Crippen MR) is 103 cm³/mol. The molecule has 3 aromatic carbocycles. The fourth-order valence-corrected chi connectivity index (χ4v) is 3.07. The van der Waals surface area contributed by atoms with E-state index in [1.165, 1.54) is 5.39 Å². The maximum atomic E-state index is 6.24. The van der Waals surface area contributed by atoms with Crippen molar-refractivity contribution in [1.82, 2.24) is 0 Å². The average molecular weight is 383 g/mol. The van der Waals surface area contributed by atoms with Crippen LogP contribution in [0.3, 0.4) is 0 Å². The van der Waals surface area contributed by atoms with E-state index >= 15 is 0 Å². The lowest BCUT2D eigenvalue weighted by Crippen LogP contribution is -2.00. The second kappa shape index (κ2) is 7.54. The van der Waals surface area contributed by atoms with E-state index in [0.29, 0.717) is 6.61 Å². The fraction of sp³-hybridized carbons (Fsp3) is 0.143. The molecule has 3 rings (SSSR count). The van der Waals surface area contributed by atoms with Crippen LogP contribution in [-0.2, 0) is 13.0 Å². The lowest BCUT2D eigenvalue weighted by atomic mass is 10.0. The van der Waals surface area contributed by atoms with Crippen molar-refractivity contribution in [3.63, 3.8) is 0 Å². The third-order valence-corrected chi connectivity index (χ3v) is 4.72. The first-order valence-electron chi connectivity index (χ1n) is 7.79. The van der Waals surface area contributed by atoms with Crippen molar-refractivity contribution in [2.24, 2.45) is 0 Å². The minimum absolute atomic E-state index is 0.468. The lowest BCUT2D eigenvalue weighted by molar-refractivity contribution is 0.305. The van der Waals surface area contributed by atoms with Gasteiger partial charge in [-0.2, -0.15) is 0 Å². The predicted octanol–water partition coefficient (Wildman–Crippen LogP) is 5.92. The van der Waals surface area contributed by atoms with Crippen molar-refractivity contribution in [2.75, 3.05) is 7.11 Å². The number of fused-ring (bicyclic) bond motifs is 1. The van der Waals surface area contributed by atoms with E-state index in [9.17, 15) is 0 Å². The van der Waals surface area contributed by atoms with Crippen LogP contribution in [0, 0.1) is 0 Å². The Hall–Kier alpha value is -2.26. The fourth-order valence-electron chi connectivity index (χ4n) is 2.71. The Labute approximate surface area is 150 Å². The van der Waals surface area contributed by atoms with Gasteiger partial charge >= 0.3 is 0 Å². The largest absolute Gasteiger partial charge is 0.497 e. The zero-order chi connectivity index (χ0) is 16.9. The zero-order valence-corrected chi connectivity index (χ0v) is 15.2. The van der Waals surface area contributed by atoms with Crippen molar-refractivity contribution in [3.05, 3.63) is 82.9 Å². The molecule has 0 unspecified atom stereocenters. The minimum Gasteiger partial charge on any atom is -0.497 e. The number of benzene rings is 3. The summed E-state index contributed by atoms with van der Waals surface area (Å²) < 4.78 is 12.5. The Morgan fingerprint density at radius 3 is 2.67 bits per heavy atom. The molecule has 3 heteroatoms. The third kappa shape index (κ3) is 3.46. The van der Waals surface area contributed by atoms with Gasteiger partial charge in [-0.1, -0.05) is 58.4 Å². The molecule has 24 heavy (non-hydrogen) atoms. The Balaban J connectivity index is 1.97. The van der Waals surface area contributed by atoms with Crippen molar-refractivity contribution in [3.8, 4) is 11.5 Å². The highest BCUT2D eigenvalue weighted by Gasteiger charge is 2.10. The summed E-state index contributed by atoms with van der Waals surface area (Å²) >= 11 is 3.58. The normalized spacial score (nSPS) is 10.6. The molecule has 0 aromatic heterocycles. The number of allylic oxidation sites excluding steroid dienone is 1. The monoisotopic (exact) mass is 382 g/mol. The summed E-state index contributed by atoms with van der Waals surface area (Å²) in [5, 5.41) is 2.29. The second-order valence-corrected chi connectivity index (χ2v) is 6.37. The molecule has 0 amide bonds. The lowest BCUT2D eigenvalue weighted by Gasteiger charge is -2.15. The Kier molecular flexibility index (Phi) is 5.21. The van der Waals surface area contributed by atoms with Gasteiger partial charge in [-0.25, -0.2) is 0 Å². The van der Waals surface area contributed by atoms with E-state index in [-0.39, 0.29) is 0 Å². The Morgan fingerprint density at radius 2 is 1.88 bits per heavy atom. The minimum atomic E-state index is 0.468. The van der Waals surface area contributed by atoms with Gasteiger partial charge in [-0.15, -0.1) is 6.58 Å². The maximum Gasteiger partial charge on any atom is 0.131 e. The standard InChI is InChI=1S/C21H19BrO2/c1-3-6-16-10-9-15-7-4-5-8-19(15)21(16)24-14-17-13-18(23-2)11-12-20(17)22/h3-5,7-13H,1,6,14H2,2H3. The number of ether oxygens (including phenoxy) is 2. The molecule has 0 atom stereocenters. The van der Waals surface area contributed by atoms with Gasteiger partial charge in [0, 0.05) is 15.4 Å². The molecular weight excluding hydrogens is 364 g/mol. The summed E-state index contributed by atoms with van der Waals surface area (Å²) in [5.74, 6) is 1.74. The van der Waals surface area contributed by atoms with Crippen LogP contribution in [0.4, 0.5) is 0 Å². The molecule has 0 saturated heterocycles. The Morgan fingerprint density at radius 1 is 1.04 bits per heavy atom. The first kappa shape index (κ1) is 16.6. The molecule has 0 aliphatic heterocycles. The summed E-state index contributed by atoms with van der Waals surface area (Å²) in [6.07, 6.45) is 2.68. The highest BCUT2D eigenvalue weighted by molar-refractivity contribution is 9.10. The van der Waals surface area contributed by atoms with Gasteiger partial charge in [0.25, 0.3) is 0 Å². The van der Waals surface area contributed by atoms with Crippen LogP contribution in [0.15, 0.2) is 71.7 Å². The molecule has 0 heterocycles. The first-order valence-corrected chi connectivity index (χ1v) is 8.59. The van der Waals surface area contributed by atoms with Gasteiger partial charge in [0.2, 0.25) is 0 Å². The van der Waals surface area contributed by atoms with Crippen LogP contribution in [0.1, 0.15) is 11.1 Å². The zero-order valence-electron chi connectivity index (χ0n) is 13.6. The van der Waals surface area contributed by atoms with E-state index < -0.39 is 0 Å². The summed E-state index contributed by atoms with van der Waals surface area (Å²) in [6, 6.07) is 18.4. The van der Waals surface area contributed by atoms with E-state index in [2.05, 4.69) is 46.8 Å². The highest BCUT2D eigenvalue weighted by Crippen LogP contribution is 2.32. The van der Waals surface area contributed by atoms with Gasteiger partial charge in [0.1, 0.15) is 18.1 Å². The second-order valence-electron chi connectivity index (χ2n) is 5.51. The number of halogens is 1. The third-order valence-electron chi connectivity index (χ3n) is 3.95. The SMILES string of the molecule is C=CCc1ccc2ccccc2c1OCc1cc(OC)ccc1Br. The molecule has 122 valence electrons.